The van der Waals surface area contributed by atoms with Gasteiger partial charge >= 0.3 is 5.69 Å². The van der Waals surface area contributed by atoms with Crippen molar-refractivity contribution >= 4 is 43.3 Å². The summed E-state index contributed by atoms with van der Waals surface area (Å²) in [4.78, 5) is 22.5. The number of alkyl halides is 2. The van der Waals surface area contributed by atoms with Gasteiger partial charge in [-0.15, -0.1) is 0 Å². The van der Waals surface area contributed by atoms with Crippen molar-refractivity contribution in [2.45, 2.75) is 10.3 Å². The molecule has 7 heteroatoms. The molecule has 0 atom stereocenters. The molecule has 0 radical (unpaired) electrons. The number of nitro groups is 1. The largest absolute Gasteiger partial charge is 0.482 e. The van der Waals surface area contributed by atoms with Crippen molar-refractivity contribution < 1.29 is 14.5 Å². The average Bonchev–Trinajstić information content (AvgIpc) is 2.52. The van der Waals surface area contributed by atoms with Crippen LogP contribution in [0, 0.1) is 10.1 Å². The Kier molecular flexibility index (Phi) is 5.68. The molecule has 0 unspecified atom stereocenters. The van der Waals surface area contributed by atoms with Gasteiger partial charge in [0.15, 0.2) is 11.5 Å². The van der Waals surface area contributed by atoms with Crippen molar-refractivity contribution in [2.75, 3.05) is 0 Å². The predicted octanol–water partition coefficient (Wildman–Crippen LogP) is 4.47. The van der Waals surface area contributed by atoms with Crippen LogP contribution >= 0.6 is 31.9 Å². The zero-order valence-corrected chi connectivity index (χ0v) is 14.4. The van der Waals surface area contributed by atoms with Gasteiger partial charge < -0.3 is 4.74 Å². The summed E-state index contributed by atoms with van der Waals surface area (Å²) in [5.41, 5.74) is 0.901. The first-order chi connectivity index (χ1) is 10.5. The molecule has 0 fully saturated rings. The maximum absolute atomic E-state index is 11.9. The van der Waals surface area contributed by atoms with Crippen molar-refractivity contribution in [1.82, 2.24) is 0 Å². The van der Waals surface area contributed by atoms with Gasteiger partial charge in [-0.05, 0) is 17.7 Å². The van der Waals surface area contributed by atoms with Crippen LogP contribution in [0.15, 0.2) is 48.5 Å². The van der Waals surface area contributed by atoms with E-state index in [1.54, 1.807) is 0 Å². The van der Waals surface area contributed by atoms with E-state index >= 15 is 0 Å². The number of carbonyl (C=O) groups excluding carboxylic acids is 1. The first-order valence-corrected chi connectivity index (χ1v) is 8.09. The van der Waals surface area contributed by atoms with E-state index in [0.717, 1.165) is 5.56 Å². The van der Waals surface area contributed by atoms with Crippen LogP contribution in [0.1, 0.15) is 15.9 Å². The van der Waals surface area contributed by atoms with Crippen LogP contribution in [-0.4, -0.2) is 14.4 Å². The topological polar surface area (TPSA) is 69.4 Å². The van der Waals surface area contributed by atoms with Gasteiger partial charge in [0, 0.05) is 11.6 Å². The van der Waals surface area contributed by atoms with Crippen LogP contribution in [0.4, 0.5) is 5.69 Å². The van der Waals surface area contributed by atoms with Gasteiger partial charge in [0.25, 0.3) is 0 Å². The molecule has 0 saturated carbocycles. The lowest BCUT2D eigenvalue weighted by molar-refractivity contribution is -0.386. The second kappa shape index (κ2) is 7.51. The summed E-state index contributed by atoms with van der Waals surface area (Å²) >= 11 is 6.17. The molecule has 22 heavy (non-hydrogen) atoms. The molecule has 2 aromatic carbocycles. The summed E-state index contributed by atoms with van der Waals surface area (Å²) in [7, 11) is 0. The third-order valence-electron chi connectivity index (χ3n) is 2.88. The number of nitrogens with zero attached hydrogens (tertiary/aromatic N) is 1. The lowest BCUT2D eigenvalue weighted by Gasteiger charge is -2.08. The van der Waals surface area contributed by atoms with Gasteiger partial charge in [-0.25, -0.2) is 0 Å². The van der Waals surface area contributed by atoms with Crippen LogP contribution in [0.5, 0.6) is 5.75 Å². The Hall–Kier alpha value is -1.73. The zero-order chi connectivity index (χ0) is 16.1. The van der Waals surface area contributed by atoms with Gasteiger partial charge in [-0.3, -0.25) is 14.9 Å². The molecule has 0 bridgehead atoms. The molecule has 0 aliphatic carbocycles. The fourth-order valence-electron chi connectivity index (χ4n) is 1.80. The minimum absolute atomic E-state index is 0.131. The smallest absolute Gasteiger partial charge is 0.311 e. The fraction of sp³-hybridized carbons (Fsp3) is 0.133. The lowest BCUT2D eigenvalue weighted by Crippen LogP contribution is -2.08. The molecule has 0 aliphatic rings. The highest BCUT2D eigenvalue weighted by molar-refractivity contribution is 9.25. The first-order valence-electron chi connectivity index (χ1n) is 6.26. The predicted molar refractivity (Wildman–Crippen MR) is 89.8 cm³/mol. The van der Waals surface area contributed by atoms with Crippen molar-refractivity contribution in [2.24, 2.45) is 0 Å². The Labute approximate surface area is 143 Å². The van der Waals surface area contributed by atoms with Crippen molar-refractivity contribution in [3.05, 3.63) is 69.8 Å². The molecule has 0 heterocycles. The average molecular weight is 429 g/mol. The number of Topliss-reactive ketones (excluding diaryl/α,β-unsaturated/α-hetero) is 1. The van der Waals surface area contributed by atoms with Gasteiger partial charge in [-0.2, -0.15) is 0 Å². The number of hydrogen-bond acceptors (Lipinski definition) is 4. The quantitative estimate of drug-likeness (QED) is 0.294. The normalized spacial score (nSPS) is 10.5. The van der Waals surface area contributed by atoms with Crippen LogP contribution in [-0.2, 0) is 6.61 Å². The summed E-state index contributed by atoms with van der Waals surface area (Å²) in [5, 5.41) is 11.2. The summed E-state index contributed by atoms with van der Waals surface area (Å²) in [6.07, 6.45) is 0. The van der Waals surface area contributed by atoms with Crippen LogP contribution in [0.3, 0.4) is 0 Å². The van der Waals surface area contributed by atoms with E-state index in [1.165, 1.54) is 18.2 Å². The second-order valence-corrected chi connectivity index (χ2v) is 7.44. The van der Waals surface area contributed by atoms with Gasteiger partial charge in [-0.1, -0.05) is 62.2 Å². The van der Waals surface area contributed by atoms with E-state index in [2.05, 4.69) is 31.9 Å². The number of carbonyl (C=O) groups is 1. The van der Waals surface area contributed by atoms with Crippen molar-refractivity contribution in [1.29, 1.82) is 0 Å². The Morgan fingerprint density at radius 1 is 1.18 bits per heavy atom. The minimum atomic E-state index is -0.587. The second-order valence-electron chi connectivity index (χ2n) is 4.38. The van der Waals surface area contributed by atoms with Gasteiger partial charge in [0.05, 0.1) is 4.92 Å². The molecule has 0 amide bonds. The molecule has 114 valence electrons. The van der Waals surface area contributed by atoms with E-state index in [1.807, 2.05) is 30.3 Å². The highest BCUT2D eigenvalue weighted by Gasteiger charge is 2.21. The zero-order valence-electron chi connectivity index (χ0n) is 11.2. The van der Waals surface area contributed by atoms with Crippen LogP contribution < -0.4 is 4.74 Å². The summed E-state index contributed by atoms with van der Waals surface area (Å²) in [6.45, 7) is 0.217. The third kappa shape index (κ3) is 4.14. The molecule has 0 aliphatic heterocycles. The molecule has 0 aromatic heterocycles. The standard InChI is InChI=1S/C15H11Br2NO4/c16-15(17)14(19)11-6-7-13(12(8-11)18(20)21)22-9-10-4-2-1-3-5-10/h1-8,15H,9H2. The van der Waals surface area contributed by atoms with E-state index in [4.69, 9.17) is 4.74 Å². The molecular formula is C15H11Br2NO4. The Bertz CT molecular complexity index is 689. The number of halogens is 2. The third-order valence-corrected chi connectivity index (χ3v) is 3.71. The Morgan fingerprint density at radius 3 is 2.45 bits per heavy atom. The number of hydrogen-bond donors (Lipinski definition) is 0. The summed E-state index contributed by atoms with van der Waals surface area (Å²) < 4.78 is 4.92. The molecular weight excluding hydrogens is 418 g/mol. The Morgan fingerprint density at radius 2 is 1.86 bits per heavy atom. The number of ether oxygens (including phenoxy) is 1. The molecule has 2 rings (SSSR count). The van der Waals surface area contributed by atoms with Crippen molar-refractivity contribution in [3.63, 3.8) is 0 Å². The van der Waals surface area contributed by atoms with Crippen LogP contribution in [0.25, 0.3) is 0 Å². The number of rotatable bonds is 6. The number of ketones is 1. The Balaban J connectivity index is 2.24. The first kappa shape index (κ1) is 16.6. The molecule has 5 nitrogen and oxygen atoms in total. The van der Waals surface area contributed by atoms with Gasteiger partial charge in [0.1, 0.15) is 10.3 Å². The SMILES string of the molecule is O=C(c1ccc(OCc2ccccc2)c([N+](=O)[O-])c1)C(Br)Br. The lowest BCUT2D eigenvalue weighted by atomic mass is 10.1. The maximum Gasteiger partial charge on any atom is 0.311 e. The molecule has 0 N–H and O–H groups in total. The van der Waals surface area contributed by atoms with E-state index in [9.17, 15) is 14.9 Å². The molecule has 0 spiro atoms. The minimum Gasteiger partial charge on any atom is -0.482 e. The van der Waals surface area contributed by atoms with Crippen LogP contribution in [0.2, 0.25) is 0 Å². The number of benzene rings is 2. The summed E-state index contributed by atoms with van der Waals surface area (Å²) in [5.74, 6) is -0.163. The van der Waals surface area contributed by atoms with E-state index in [-0.39, 0.29) is 29.4 Å². The highest BCUT2D eigenvalue weighted by atomic mass is 79.9. The molecule has 0 saturated heterocycles. The van der Waals surface area contributed by atoms with E-state index in [0.29, 0.717) is 0 Å². The monoisotopic (exact) mass is 427 g/mol. The molecule has 2 aromatic rings. The van der Waals surface area contributed by atoms with Crippen molar-refractivity contribution in [3.8, 4) is 5.75 Å². The maximum atomic E-state index is 11.9. The van der Waals surface area contributed by atoms with Gasteiger partial charge in [0.2, 0.25) is 0 Å². The number of nitro benzene ring substituents is 1. The summed E-state index contributed by atoms with van der Waals surface area (Å²) in [6, 6.07) is 13.5. The highest BCUT2D eigenvalue weighted by Crippen LogP contribution is 2.30. The fourth-order valence-corrected chi connectivity index (χ4v) is 2.33. The van der Waals surface area contributed by atoms with E-state index < -0.39 is 8.66 Å².